The molecule has 0 amide bonds. The van der Waals surface area contributed by atoms with E-state index in [0.717, 1.165) is 17.2 Å². The molecule has 0 heterocycles. The first kappa shape index (κ1) is 15.0. The number of halogens is 1. The summed E-state index contributed by atoms with van der Waals surface area (Å²) in [5.74, 6) is 1.22. The van der Waals surface area contributed by atoms with Crippen LogP contribution in [0.15, 0.2) is 16.6 Å². The second kappa shape index (κ2) is 6.23. The van der Waals surface area contributed by atoms with E-state index in [9.17, 15) is 4.79 Å². The molecule has 0 aliphatic rings. The van der Waals surface area contributed by atoms with Crippen LogP contribution in [0.25, 0.3) is 0 Å². The van der Waals surface area contributed by atoms with Crippen LogP contribution in [0.3, 0.4) is 0 Å². The largest absolute Gasteiger partial charge is 0.493 e. The Kier molecular flexibility index (Phi) is 5.20. The molecule has 3 nitrogen and oxygen atoms in total. The van der Waals surface area contributed by atoms with Crippen LogP contribution in [0, 0.1) is 5.41 Å². The molecule has 100 valence electrons. The van der Waals surface area contributed by atoms with Gasteiger partial charge < -0.3 is 9.47 Å². The minimum atomic E-state index is 0.225. The van der Waals surface area contributed by atoms with E-state index in [4.69, 9.17) is 9.47 Å². The van der Waals surface area contributed by atoms with Crippen LogP contribution in [0.5, 0.6) is 11.5 Å². The average molecular weight is 315 g/mol. The van der Waals surface area contributed by atoms with Gasteiger partial charge in [-0.2, -0.15) is 0 Å². The summed E-state index contributed by atoms with van der Waals surface area (Å²) in [4.78, 5) is 10.8. The topological polar surface area (TPSA) is 35.5 Å². The van der Waals surface area contributed by atoms with Gasteiger partial charge in [0.1, 0.15) is 6.29 Å². The predicted molar refractivity (Wildman–Crippen MR) is 75.6 cm³/mol. The maximum absolute atomic E-state index is 10.8. The third kappa shape index (κ3) is 4.33. The molecule has 0 fully saturated rings. The van der Waals surface area contributed by atoms with E-state index in [1.165, 1.54) is 0 Å². The standard InChI is InChI=1S/C14H19BrO3/c1-14(2,3)5-6-18-13-11(15)7-10(9-16)8-12(13)17-4/h7-9H,5-6H2,1-4H3. The van der Waals surface area contributed by atoms with Crippen molar-refractivity contribution in [2.75, 3.05) is 13.7 Å². The zero-order valence-corrected chi connectivity index (χ0v) is 12.8. The van der Waals surface area contributed by atoms with Gasteiger partial charge >= 0.3 is 0 Å². The fraction of sp³-hybridized carbons (Fsp3) is 0.500. The molecule has 1 aromatic rings. The van der Waals surface area contributed by atoms with Gasteiger partial charge in [0, 0.05) is 5.56 Å². The molecule has 0 aliphatic carbocycles. The highest BCUT2D eigenvalue weighted by molar-refractivity contribution is 9.10. The van der Waals surface area contributed by atoms with E-state index in [1.54, 1.807) is 19.2 Å². The molecule has 0 spiro atoms. The summed E-state index contributed by atoms with van der Waals surface area (Å²) in [6.07, 6.45) is 1.73. The molecule has 0 aliphatic heterocycles. The van der Waals surface area contributed by atoms with Crippen LogP contribution >= 0.6 is 15.9 Å². The average Bonchev–Trinajstić information content (AvgIpc) is 2.29. The van der Waals surface area contributed by atoms with Crippen molar-refractivity contribution >= 4 is 22.2 Å². The lowest BCUT2D eigenvalue weighted by atomic mass is 9.93. The number of rotatable bonds is 5. The highest BCUT2D eigenvalue weighted by Gasteiger charge is 2.14. The first-order chi connectivity index (χ1) is 8.37. The number of benzene rings is 1. The minimum absolute atomic E-state index is 0.225. The third-order valence-corrected chi connectivity index (χ3v) is 3.08. The number of ether oxygens (including phenoxy) is 2. The van der Waals surface area contributed by atoms with Crippen molar-refractivity contribution < 1.29 is 14.3 Å². The molecule has 0 atom stereocenters. The van der Waals surface area contributed by atoms with Crippen LogP contribution < -0.4 is 9.47 Å². The quantitative estimate of drug-likeness (QED) is 0.768. The normalized spacial score (nSPS) is 11.2. The van der Waals surface area contributed by atoms with Gasteiger partial charge in [0.2, 0.25) is 0 Å². The van der Waals surface area contributed by atoms with E-state index in [-0.39, 0.29) is 5.41 Å². The lowest BCUT2D eigenvalue weighted by Gasteiger charge is -2.19. The summed E-state index contributed by atoms with van der Waals surface area (Å²) in [6, 6.07) is 3.39. The number of hydrogen-bond donors (Lipinski definition) is 0. The smallest absolute Gasteiger partial charge is 0.175 e. The van der Waals surface area contributed by atoms with E-state index in [2.05, 4.69) is 36.7 Å². The van der Waals surface area contributed by atoms with Gasteiger partial charge in [0.15, 0.2) is 11.5 Å². The second-order valence-corrected chi connectivity index (χ2v) is 6.17. The Morgan fingerprint density at radius 1 is 1.33 bits per heavy atom. The first-order valence-electron chi connectivity index (χ1n) is 5.83. The molecule has 18 heavy (non-hydrogen) atoms. The Bertz CT molecular complexity index is 422. The Labute approximate surface area is 117 Å². The number of carbonyl (C=O) groups is 1. The van der Waals surface area contributed by atoms with Crippen LogP contribution in [0.2, 0.25) is 0 Å². The maximum Gasteiger partial charge on any atom is 0.175 e. The van der Waals surface area contributed by atoms with Gasteiger partial charge in [-0.25, -0.2) is 0 Å². The van der Waals surface area contributed by atoms with Crippen molar-refractivity contribution in [3.8, 4) is 11.5 Å². The summed E-state index contributed by atoms with van der Waals surface area (Å²) in [5.41, 5.74) is 0.782. The summed E-state index contributed by atoms with van der Waals surface area (Å²) in [6.45, 7) is 7.10. The van der Waals surface area contributed by atoms with Crippen molar-refractivity contribution in [1.29, 1.82) is 0 Å². The highest BCUT2D eigenvalue weighted by atomic mass is 79.9. The van der Waals surface area contributed by atoms with Crippen LogP contribution in [0.4, 0.5) is 0 Å². The fourth-order valence-corrected chi connectivity index (χ4v) is 1.98. The van der Waals surface area contributed by atoms with Gasteiger partial charge in [-0.1, -0.05) is 20.8 Å². The zero-order valence-electron chi connectivity index (χ0n) is 11.2. The summed E-state index contributed by atoms with van der Waals surface area (Å²) in [5, 5.41) is 0. The van der Waals surface area contributed by atoms with Crippen molar-refractivity contribution in [2.45, 2.75) is 27.2 Å². The Morgan fingerprint density at radius 2 is 2.00 bits per heavy atom. The van der Waals surface area contributed by atoms with Crippen molar-refractivity contribution in [2.24, 2.45) is 5.41 Å². The molecule has 0 aromatic heterocycles. The molecular weight excluding hydrogens is 296 g/mol. The van der Waals surface area contributed by atoms with Gasteiger partial charge in [-0.15, -0.1) is 0 Å². The number of hydrogen-bond acceptors (Lipinski definition) is 3. The molecule has 0 unspecified atom stereocenters. The molecule has 4 heteroatoms. The Hall–Kier alpha value is -1.03. The SMILES string of the molecule is COc1cc(C=O)cc(Br)c1OCCC(C)(C)C. The maximum atomic E-state index is 10.8. The molecule has 0 radical (unpaired) electrons. The first-order valence-corrected chi connectivity index (χ1v) is 6.62. The van der Waals surface area contributed by atoms with Crippen molar-refractivity contribution in [3.63, 3.8) is 0 Å². The van der Waals surface area contributed by atoms with Crippen molar-refractivity contribution in [3.05, 3.63) is 22.2 Å². The van der Waals surface area contributed by atoms with Crippen molar-refractivity contribution in [1.82, 2.24) is 0 Å². The van der Waals surface area contributed by atoms with Gasteiger partial charge in [0.05, 0.1) is 18.2 Å². The van der Waals surface area contributed by atoms with Crippen LogP contribution in [-0.2, 0) is 0 Å². The van der Waals surface area contributed by atoms with E-state index >= 15 is 0 Å². The van der Waals surface area contributed by atoms with E-state index in [1.807, 2.05) is 0 Å². The lowest BCUT2D eigenvalue weighted by molar-refractivity contribution is 0.112. The Morgan fingerprint density at radius 3 is 2.50 bits per heavy atom. The summed E-state index contributed by atoms with van der Waals surface area (Å²) in [7, 11) is 1.56. The Balaban J connectivity index is 2.84. The highest BCUT2D eigenvalue weighted by Crippen LogP contribution is 2.36. The fourth-order valence-electron chi connectivity index (χ4n) is 1.41. The molecule has 1 aromatic carbocycles. The van der Waals surface area contributed by atoms with E-state index in [0.29, 0.717) is 23.7 Å². The summed E-state index contributed by atoms with van der Waals surface area (Å²) >= 11 is 3.40. The number of aldehydes is 1. The second-order valence-electron chi connectivity index (χ2n) is 5.31. The number of carbonyl (C=O) groups excluding carboxylic acids is 1. The lowest BCUT2D eigenvalue weighted by Crippen LogP contribution is -2.11. The zero-order chi connectivity index (χ0) is 13.8. The monoisotopic (exact) mass is 314 g/mol. The summed E-state index contributed by atoms with van der Waals surface area (Å²) < 4.78 is 11.7. The molecule has 0 saturated heterocycles. The van der Waals surface area contributed by atoms with Gasteiger partial charge in [-0.05, 0) is 39.9 Å². The van der Waals surface area contributed by atoms with Gasteiger partial charge in [-0.3, -0.25) is 4.79 Å². The molecule has 0 saturated carbocycles. The van der Waals surface area contributed by atoms with Crippen LogP contribution in [-0.4, -0.2) is 20.0 Å². The number of methoxy groups -OCH3 is 1. The molecule has 0 N–H and O–H groups in total. The molecular formula is C14H19BrO3. The van der Waals surface area contributed by atoms with Gasteiger partial charge in [0.25, 0.3) is 0 Å². The predicted octanol–water partition coefficient (Wildman–Crippen LogP) is 4.09. The molecule has 0 bridgehead atoms. The molecule has 1 rings (SSSR count). The van der Waals surface area contributed by atoms with Crippen LogP contribution in [0.1, 0.15) is 37.6 Å². The van der Waals surface area contributed by atoms with E-state index < -0.39 is 0 Å². The third-order valence-electron chi connectivity index (χ3n) is 2.49. The minimum Gasteiger partial charge on any atom is -0.493 e.